The average molecular weight is 384 g/mol. The number of nitrogens with one attached hydrogen (secondary N) is 1. The first kappa shape index (κ1) is 15.3. The number of rotatable bonds is 1. The third kappa shape index (κ3) is 2.59. The van der Waals surface area contributed by atoms with Crippen molar-refractivity contribution in [2.45, 2.75) is 13.0 Å². The third-order valence-corrected chi connectivity index (χ3v) is 5.17. The fourth-order valence-electron chi connectivity index (χ4n) is 3.47. The van der Waals surface area contributed by atoms with Gasteiger partial charge in [-0.2, -0.15) is 0 Å². The van der Waals surface area contributed by atoms with Gasteiger partial charge in [0.25, 0.3) is 0 Å². The number of carbonyl (C=O) groups is 1. The Bertz CT molecular complexity index is 932. The number of halogens is 1. The van der Waals surface area contributed by atoms with E-state index in [1.807, 2.05) is 29.2 Å². The van der Waals surface area contributed by atoms with E-state index < -0.39 is 0 Å². The second-order valence-corrected chi connectivity index (χ2v) is 7.03. The van der Waals surface area contributed by atoms with E-state index in [-0.39, 0.29) is 6.03 Å². The molecule has 0 radical (unpaired) electrons. The maximum atomic E-state index is 12.6. The maximum absolute atomic E-state index is 12.6. The standard InChI is InChI=1S/C19H18BrN3O/c1-22-17-8-3-2-7-15(17)16-12-23(10-9-18(16)22)19(24)21-14-6-4-5-13(20)11-14/h2-8,11H,9-10,12H2,1H3,(H,21,24). The van der Waals surface area contributed by atoms with Gasteiger partial charge in [0.15, 0.2) is 0 Å². The minimum Gasteiger partial charge on any atom is -0.347 e. The van der Waals surface area contributed by atoms with Gasteiger partial charge in [0.2, 0.25) is 0 Å². The first-order chi connectivity index (χ1) is 11.6. The van der Waals surface area contributed by atoms with Crippen LogP contribution in [0.25, 0.3) is 10.9 Å². The molecule has 1 aromatic heterocycles. The molecule has 0 aliphatic carbocycles. The highest BCUT2D eigenvalue weighted by molar-refractivity contribution is 9.10. The van der Waals surface area contributed by atoms with E-state index >= 15 is 0 Å². The van der Waals surface area contributed by atoms with Gasteiger partial charge in [-0.05, 0) is 24.3 Å². The van der Waals surface area contributed by atoms with Crippen LogP contribution in [0.2, 0.25) is 0 Å². The van der Waals surface area contributed by atoms with Crippen LogP contribution in [0.4, 0.5) is 10.5 Å². The van der Waals surface area contributed by atoms with Gasteiger partial charge in [-0.25, -0.2) is 4.79 Å². The predicted octanol–water partition coefficient (Wildman–Crippen LogP) is 4.53. The monoisotopic (exact) mass is 383 g/mol. The quantitative estimate of drug-likeness (QED) is 0.658. The molecule has 2 heterocycles. The first-order valence-electron chi connectivity index (χ1n) is 8.00. The Morgan fingerprint density at radius 3 is 2.83 bits per heavy atom. The van der Waals surface area contributed by atoms with Crippen molar-refractivity contribution in [2.24, 2.45) is 7.05 Å². The van der Waals surface area contributed by atoms with Crippen molar-refractivity contribution in [3.63, 3.8) is 0 Å². The van der Waals surface area contributed by atoms with E-state index in [9.17, 15) is 4.79 Å². The normalized spacial score (nSPS) is 13.8. The molecule has 1 N–H and O–H groups in total. The predicted molar refractivity (Wildman–Crippen MR) is 100 cm³/mol. The van der Waals surface area contributed by atoms with Crippen LogP contribution in [0.1, 0.15) is 11.3 Å². The third-order valence-electron chi connectivity index (χ3n) is 4.67. The highest BCUT2D eigenvalue weighted by Crippen LogP contribution is 2.30. The van der Waals surface area contributed by atoms with Crippen LogP contribution < -0.4 is 5.32 Å². The van der Waals surface area contributed by atoms with Crippen LogP contribution in [0.15, 0.2) is 53.0 Å². The molecule has 0 unspecified atom stereocenters. The van der Waals surface area contributed by atoms with Gasteiger partial charge >= 0.3 is 6.03 Å². The SMILES string of the molecule is Cn1c2c(c3ccccc31)CN(C(=O)Nc1cccc(Br)c1)CC2. The molecule has 5 heteroatoms. The summed E-state index contributed by atoms with van der Waals surface area (Å²) in [6.45, 7) is 1.38. The summed E-state index contributed by atoms with van der Waals surface area (Å²) < 4.78 is 3.21. The summed E-state index contributed by atoms with van der Waals surface area (Å²) >= 11 is 3.43. The summed E-state index contributed by atoms with van der Waals surface area (Å²) in [5, 5.41) is 4.23. The first-order valence-corrected chi connectivity index (χ1v) is 8.79. The van der Waals surface area contributed by atoms with Gasteiger partial charge in [-0.15, -0.1) is 0 Å². The van der Waals surface area contributed by atoms with E-state index in [0.29, 0.717) is 6.54 Å². The molecular formula is C19H18BrN3O. The average Bonchev–Trinajstić information content (AvgIpc) is 2.88. The Balaban J connectivity index is 1.60. The van der Waals surface area contributed by atoms with Gasteiger partial charge in [0, 0.05) is 58.9 Å². The van der Waals surface area contributed by atoms with Gasteiger partial charge < -0.3 is 14.8 Å². The number of amides is 2. The van der Waals surface area contributed by atoms with Crippen LogP contribution in [-0.2, 0) is 20.0 Å². The van der Waals surface area contributed by atoms with E-state index in [2.05, 4.69) is 57.1 Å². The summed E-state index contributed by atoms with van der Waals surface area (Å²) in [6, 6.07) is 16.0. The molecule has 2 aromatic carbocycles. The number of para-hydroxylation sites is 1. The van der Waals surface area contributed by atoms with E-state index in [4.69, 9.17) is 0 Å². The number of benzene rings is 2. The summed E-state index contributed by atoms with van der Waals surface area (Å²) in [7, 11) is 2.11. The number of hydrogen-bond acceptors (Lipinski definition) is 1. The Morgan fingerprint density at radius 1 is 1.17 bits per heavy atom. The van der Waals surface area contributed by atoms with Gasteiger partial charge in [-0.1, -0.05) is 40.2 Å². The number of anilines is 1. The second kappa shape index (κ2) is 5.98. The molecule has 0 spiro atoms. The second-order valence-electron chi connectivity index (χ2n) is 6.11. The Morgan fingerprint density at radius 2 is 2.00 bits per heavy atom. The van der Waals surface area contributed by atoms with Crippen molar-refractivity contribution in [2.75, 3.05) is 11.9 Å². The number of urea groups is 1. The van der Waals surface area contributed by atoms with Crippen LogP contribution in [0, 0.1) is 0 Å². The number of hydrogen-bond donors (Lipinski definition) is 1. The summed E-state index contributed by atoms with van der Waals surface area (Å²) in [5.41, 5.74) is 4.64. The molecule has 0 saturated carbocycles. The highest BCUT2D eigenvalue weighted by atomic mass is 79.9. The summed E-state index contributed by atoms with van der Waals surface area (Å²) in [5.74, 6) is 0. The highest BCUT2D eigenvalue weighted by Gasteiger charge is 2.25. The van der Waals surface area contributed by atoms with Crippen molar-refractivity contribution >= 4 is 38.6 Å². The zero-order valence-electron chi connectivity index (χ0n) is 13.4. The zero-order chi connectivity index (χ0) is 16.7. The molecule has 3 aromatic rings. The molecule has 4 rings (SSSR count). The topological polar surface area (TPSA) is 37.3 Å². The lowest BCUT2D eigenvalue weighted by Crippen LogP contribution is -2.39. The van der Waals surface area contributed by atoms with Crippen LogP contribution in [-0.4, -0.2) is 22.0 Å². The molecule has 0 bridgehead atoms. The molecule has 122 valence electrons. The van der Waals surface area contributed by atoms with E-state index in [0.717, 1.165) is 23.1 Å². The van der Waals surface area contributed by atoms with Crippen molar-refractivity contribution in [1.29, 1.82) is 0 Å². The van der Waals surface area contributed by atoms with Crippen molar-refractivity contribution in [3.8, 4) is 0 Å². The van der Waals surface area contributed by atoms with Crippen LogP contribution in [0.3, 0.4) is 0 Å². The summed E-state index contributed by atoms with van der Waals surface area (Å²) in [6.07, 6.45) is 0.881. The zero-order valence-corrected chi connectivity index (χ0v) is 15.0. The smallest absolute Gasteiger partial charge is 0.322 e. The van der Waals surface area contributed by atoms with Gasteiger partial charge in [0.05, 0.1) is 0 Å². The van der Waals surface area contributed by atoms with Gasteiger partial charge in [0.1, 0.15) is 0 Å². The molecule has 1 aliphatic heterocycles. The van der Waals surface area contributed by atoms with Crippen LogP contribution in [0.5, 0.6) is 0 Å². The fourth-order valence-corrected chi connectivity index (χ4v) is 3.87. The summed E-state index contributed by atoms with van der Waals surface area (Å²) in [4.78, 5) is 14.5. The minimum atomic E-state index is -0.0494. The van der Waals surface area contributed by atoms with Crippen LogP contribution >= 0.6 is 15.9 Å². The molecule has 24 heavy (non-hydrogen) atoms. The number of carbonyl (C=O) groups excluding carboxylic acids is 1. The maximum Gasteiger partial charge on any atom is 0.322 e. The minimum absolute atomic E-state index is 0.0494. The lowest BCUT2D eigenvalue weighted by molar-refractivity contribution is 0.206. The Labute approximate surface area is 149 Å². The lowest BCUT2D eigenvalue weighted by Gasteiger charge is -2.28. The number of fused-ring (bicyclic) bond motifs is 3. The Hall–Kier alpha value is -2.27. The van der Waals surface area contributed by atoms with Gasteiger partial charge in [-0.3, -0.25) is 0 Å². The molecule has 2 amide bonds. The van der Waals surface area contributed by atoms with E-state index in [1.54, 1.807) is 0 Å². The Kier molecular flexibility index (Phi) is 3.81. The molecular weight excluding hydrogens is 366 g/mol. The number of nitrogens with zero attached hydrogens (tertiary/aromatic N) is 2. The van der Waals surface area contributed by atoms with E-state index in [1.165, 1.54) is 22.2 Å². The number of aryl methyl sites for hydroxylation is 1. The fraction of sp³-hybridized carbons (Fsp3) is 0.211. The molecule has 0 saturated heterocycles. The molecule has 0 fully saturated rings. The van der Waals surface area contributed by atoms with Crippen molar-refractivity contribution < 1.29 is 4.79 Å². The van der Waals surface area contributed by atoms with Crippen molar-refractivity contribution in [3.05, 3.63) is 64.3 Å². The molecule has 0 atom stereocenters. The molecule has 1 aliphatic rings. The lowest BCUT2D eigenvalue weighted by atomic mass is 10.0. The molecule has 4 nitrogen and oxygen atoms in total. The largest absolute Gasteiger partial charge is 0.347 e. The van der Waals surface area contributed by atoms with Crippen molar-refractivity contribution in [1.82, 2.24) is 9.47 Å². The number of aromatic nitrogens is 1.